The first kappa shape index (κ1) is 11.5. The van der Waals surface area contributed by atoms with Crippen molar-refractivity contribution in [3.8, 4) is 0 Å². The van der Waals surface area contributed by atoms with Crippen molar-refractivity contribution >= 4 is 17.7 Å². The maximum atomic E-state index is 10.9. The number of hydrogen-bond acceptors (Lipinski definition) is 3. The van der Waals surface area contributed by atoms with Crippen LogP contribution in [0.15, 0.2) is 0 Å². The zero-order valence-electron chi connectivity index (χ0n) is 7.43. The van der Waals surface area contributed by atoms with E-state index in [9.17, 15) is 4.79 Å². The van der Waals surface area contributed by atoms with E-state index in [1.165, 1.54) is 0 Å². The number of aliphatic hydroxyl groups is 1. The summed E-state index contributed by atoms with van der Waals surface area (Å²) in [6.07, 6.45) is -0.581. The molecule has 0 spiro atoms. The molecule has 0 fully saturated rings. The standard InChI is InChI=1S/C7H14ClNO3/c1-7(2,3)12-6(11)9-4-5(8)10/h5,10H,4H2,1-3H3,(H,9,11). The molecular formula is C7H14ClNO3. The second-order valence-corrected chi connectivity index (χ2v) is 3.82. The Morgan fingerprint density at radius 2 is 2.17 bits per heavy atom. The number of hydrogen-bond donors (Lipinski definition) is 2. The molecule has 0 saturated heterocycles. The number of amides is 1. The lowest BCUT2D eigenvalue weighted by Gasteiger charge is -2.19. The van der Waals surface area contributed by atoms with E-state index < -0.39 is 17.3 Å². The van der Waals surface area contributed by atoms with Crippen LogP contribution in [0.3, 0.4) is 0 Å². The Balaban J connectivity index is 3.61. The quantitative estimate of drug-likeness (QED) is 0.648. The Hall–Kier alpha value is -0.480. The molecule has 2 N–H and O–H groups in total. The molecule has 0 aliphatic rings. The van der Waals surface area contributed by atoms with Gasteiger partial charge < -0.3 is 15.2 Å². The Kier molecular flexibility index (Phi) is 4.34. The predicted octanol–water partition coefficient (Wildman–Crippen LogP) is 1.07. The van der Waals surface area contributed by atoms with Crippen LogP contribution < -0.4 is 5.32 Å². The van der Waals surface area contributed by atoms with Crippen molar-refractivity contribution in [2.24, 2.45) is 0 Å². The highest BCUT2D eigenvalue weighted by molar-refractivity contribution is 6.19. The maximum Gasteiger partial charge on any atom is 0.407 e. The van der Waals surface area contributed by atoms with Gasteiger partial charge in [0.1, 0.15) is 11.2 Å². The van der Waals surface area contributed by atoms with E-state index in [-0.39, 0.29) is 6.54 Å². The van der Waals surface area contributed by atoms with Crippen LogP contribution in [0.25, 0.3) is 0 Å². The highest BCUT2D eigenvalue weighted by atomic mass is 35.5. The van der Waals surface area contributed by atoms with Crippen LogP contribution in [0, 0.1) is 0 Å². The fourth-order valence-corrected chi connectivity index (χ4v) is 0.559. The molecule has 0 aliphatic carbocycles. The fraction of sp³-hybridized carbons (Fsp3) is 0.857. The van der Waals surface area contributed by atoms with Gasteiger partial charge in [-0.1, -0.05) is 11.6 Å². The molecule has 0 rings (SSSR count). The average Bonchev–Trinajstić information content (AvgIpc) is 1.79. The van der Waals surface area contributed by atoms with Crippen molar-refractivity contribution in [2.75, 3.05) is 6.54 Å². The summed E-state index contributed by atoms with van der Waals surface area (Å²) in [5.41, 5.74) is -1.60. The van der Waals surface area contributed by atoms with Gasteiger partial charge >= 0.3 is 6.09 Å². The third kappa shape index (κ3) is 7.63. The smallest absolute Gasteiger partial charge is 0.407 e. The van der Waals surface area contributed by atoms with E-state index in [0.29, 0.717) is 0 Å². The summed E-state index contributed by atoms with van der Waals surface area (Å²) >= 11 is 5.18. The molecule has 1 amide bonds. The van der Waals surface area contributed by atoms with E-state index in [2.05, 4.69) is 5.32 Å². The SMILES string of the molecule is CC(C)(C)OC(=O)NCC(O)Cl. The summed E-state index contributed by atoms with van der Waals surface area (Å²) in [5.74, 6) is 0. The lowest BCUT2D eigenvalue weighted by molar-refractivity contribution is 0.0511. The lowest BCUT2D eigenvalue weighted by Crippen LogP contribution is -2.35. The van der Waals surface area contributed by atoms with Crippen molar-refractivity contribution in [1.29, 1.82) is 0 Å². The summed E-state index contributed by atoms with van der Waals surface area (Å²) in [7, 11) is 0. The van der Waals surface area contributed by atoms with E-state index >= 15 is 0 Å². The molecule has 0 aromatic heterocycles. The topological polar surface area (TPSA) is 58.6 Å². The molecule has 4 nitrogen and oxygen atoms in total. The Morgan fingerprint density at radius 1 is 1.67 bits per heavy atom. The number of alkyl halides is 1. The Morgan fingerprint density at radius 3 is 2.50 bits per heavy atom. The predicted molar refractivity (Wildman–Crippen MR) is 46.1 cm³/mol. The molecule has 1 unspecified atom stereocenters. The van der Waals surface area contributed by atoms with Crippen LogP contribution in [0.2, 0.25) is 0 Å². The second kappa shape index (κ2) is 4.52. The molecule has 12 heavy (non-hydrogen) atoms. The average molecular weight is 196 g/mol. The summed E-state index contributed by atoms with van der Waals surface area (Å²) in [4.78, 5) is 10.9. The first-order chi connectivity index (χ1) is 5.31. The summed E-state index contributed by atoms with van der Waals surface area (Å²) in [6, 6.07) is 0. The highest BCUT2D eigenvalue weighted by Gasteiger charge is 2.15. The van der Waals surface area contributed by atoms with Gasteiger partial charge in [-0.05, 0) is 20.8 Å². The summed E-state index contributed by atoms with van der Waals surface area (Å²) in [6.45, 7) is 5.24. The fourth-order valence-electron chi connectivity index (χ4n) is 0.482. The second-order valence-electron chi connectivity index (χ2n) is 3.32. The van der Waals surface area contributed by atoms with Crippen LogP contribution >= 0.6 is 11.6 Å². The lowest BCUT2D eigenvalue weighted by atomic mass is 10.2. The highest BCUT2D eigenvalue weighted by Crippen LogP contribution is 2.06. The van der Waals surface area contributed by atoms with Crippen LogP contribution in [0.5, 0.6) is 0 Å². The maximum absolute atomic E-state index is 10.9. The largest absolute Gasteiger partial charge is 0.444 e. The molecule has 0 aromatic rings. The summed E-state index contributed by atoms with van der Waals surface area (Å²) < 4.78 is 4.87. The number of carbonyl (C=O) groups is 1. The molecule has 0 bridgehead atoms. The number of ether oxygens (including phenoxy) is 1. The minimum Gasteiger partial charge on any atom is -0.444 e. The number of alkyl carbamates (subject to hydrolysis) is 1. The summed E-state index contributed by atoms with van der Waals surface area (Å²) in [5, 5.41) is 10.9. The van der Waals surface area contributed by atoms with Gasteiger partial charge in [-0.25, -0.2) is 4.79 Å². The minimum atomic E-state index is -1.07. The van der Waals surface area contributed by atoms with Crippen LogP contribution in [-0.2, 0) is 4.74 Å². The van der Waals surface area contributed by atoms with E-state index in [1.54, 1.807) is 20.8 Å². The van der Waals surface area contributed by atoms with Gasteiger partial charge in [-0.2, -0.15) is 0 Å². The third-order valence-electron chi connectivity index (χ3n) is 0.814. The Labute approximate surface area is 76.9 Å². The molecule has 5 heteroatoms. The monoisotopic (exact) mass is 195 g/mol. The first-order valence-electron chi connectivity index (χ1n) is 3.60. The van der Waals surface area contributed by atoms with Gasteiger partial charge in [0.2, 0.25) is 0 Å². The van der Waals surface area contributed by atoms with Gasteiger partial charge in [0, 0.05) is 0 Å². The molecular weight excluding hydrogens is 182 g/mol. The Bertz CT molecular complexity index is 153. The van der Waals surface area contributed by atoms with Crippen LogP contribution in [0.1, 0.15) is 20.8 Å². The third-order valence-corrected chi connectivity index (χ3v) is 0.968. The van der Waals surface area contributed by atoms with Crippen molar-refractivity contribution in [3.63, 3.8) is 0 Å². The molecule has 0 saturated carbocycles. The number of nitrogens with one attached hydrogen (secondary N) is 1. The van der Waals surface area contributed by atoms with Gasteiger partial charge in [0.15, 0.2) is 0 Å². The van der Waals surface area contributed by atoms with Crippen LogP contribution in [-0.4, -0.2) is 28.9 Å². The van der Waals surface area contributed by atoms with Crippen molar-refractivity contribution < 1.29 is 14.6 Å². The van der Waals surface area contributed by atoms with E-state index in [0.717, 1.165) is 0 Å². The van der Waals surface area contributed by atoms with E-state index in [4.69, 9.17) is 21.4 Å². The van der Waals surface area contributed by atoms with Gasteiger partial charge in [-0.15, -0.1) is 0 Å². The number of carbonyl (C=O) groups excluding carboxylic acids is 1. The molecule has 0 radical (unpaired) electrons. The van der Waals surface area contributed by atoms with Gasteiger partial charge in [0.25, 0.3) is 0 Å². The van der Waals surface area contributed by atoms with Gasteiger partial charge in [-0.3, -0.25) is 0 Å². The molecule has 0 aromatic carbocycles. The van der Waals surface area contributed by atoms with E-state index in [1.807, 2.05) is 0 Å². The molecule has 72 valence electrons. The first-order valence-corrected chi connectivity index (χ1v) is 4.04. The zero-order valence-corrected chi connectivity index (χ0v) is 8.18. The minimum absolute atomic E-state index is 0.0174. The number of aliphatic hydroxyl groups excluding tert-OH is 1. The normalized spacial score (nSPS) is 13.8. The van der Waals surface area contributed by atoms with Crippen molar-refractivity contribution in [3.05, 3.63) is 0 Å². The van der Waals surface area contributed by atoms with Gasteiger partial charge in [0.05, 0.1) is 6.54 Å². The molecule has 0 aliphatic heterocycles. The molecule has 1 atom stereocenters. The zero-order chi connectivity index (χ0) is 9.78. The number of halogens is 1. The number of rotatable bonds is 2. The van der Waals surface area contributed by atoms with Crippen LogP contribution in [0.4, 0.5) is 4.79 Å². The van der Waals surface area contributed by atoms with Crippen molar-refractivity contribution in [1.82, 2.24) is 5.32 Å². The molecule has 0 heterocycles. The van der Waals surface area contributed by atoms with Crippen molar-refractivity contribution in [2.45, 2.75) is 31.9 Å².